The zero-order valence-corrected chi connectivity index (χ0v) is 4.45. The van der Waals surface area contributed by atoms with Crippen LogP contribution in [0, 0.1) is 0 Å². The molecule has 0 heterocycles. The van der Waals surface area contributed by atoms with Gasteiger partial charge >= 0.3 is 0 Å². The Morgan fingerprint density at radius 1 is 1.00 bits per heavy atom. The molecule has 0 aliphatic heterocycles. The van der Waals surface area contributed by atoms with E-state index in [1.807, 2.05) is 0 Å². The summed E-state index contributed by atoms with van der Waals surface area (Å²) in [6.45, 7) is 0. The molecule has 34 valence electrons. The van der Waals surface area contributed by atoms with Crippen LogP contribution in [0.15, 0.2) is 0 Å². The molecule has 0 N–H and O–H groups in total. The van der Waals surface area contributed by atoms with E-state index in [1.165, 1.54) is 0 Å². The first-order valence-electron chi connectivity index (χ1n) is 0.983. The van der Waals surface area contributed by atoms with E-state index in [0.29, 0.717) is 0 Å². The van der Waals surface area contributed by atoms with E-state index in [9.17, 15) is 0 Å². The van der Waals surface area contributed by atoms with Gasteiger partial charge in [0.25, 0.3) is 0 Å². The van der Waals surface area contributed by atoms with Crippen molar-refractivity contribution in [2.45, 2.75) is 7.43 Å². The highest BCUT2D eigenvalue weighted by atomic mass is 33.1. The van der Waals surface area contributed by atoms with Crippen molar-refractivity contribution in [3.05, 3.63) is 0 Å². The smallest absolute Gasteiger partial charge is 0.00793 e. The van der Waals surface area contributed by atoms with Gasteiger partial charge in [-0.1, -0.05) is 29.0 Å². The third-order valence-electron chi connectivity index (χ3n) is 0.167. The molecule has 0 aromatic rings. The van der Waals surface area contributed by atoms with Gasteiger partial charge in [0.2, 0.25) is 0 Å². The molecule has 0 aromatic carbocycles. The van der Waals surface area contributed by atoms with Crippen LogP contribution in [0.4, 0.5) is 0 Å². The second-order valence-corrected chi connectivity index (χ2v) is 3.00. The highest BCUT2D eigenvalue weighted by Gasteiger charge is 1.55. The predicted octanol–water partition coefficient (Wildman–Crippen LogP) is 2.26. The molecule has 0 atom stereocenters. The molecule has 0 bridgehead atoms. The Morgan fingerprint density at radius 3 is 1.20 bits per heavy atom. The average Bonchev–Trinajstić information content (AvgIpc) is 1.37. The molecule has 5 heavy (non-hydrogen) atoms. The fourth-order valence-corrected chi connectivity index (χ4v) is 0. The van der Waals surface area contributed by atoms with Crippen LogP contribution in [0.5, 0.6) is 0 Å². The molecule has 0 aromatic heterocycles. The van der Waals surface area contributed by atoms with E-state index >= 15 is 0 Å². The summed E-state index contributed by atoms with van der Waals surface area (Å²) in [5, 5.41) is 0. The van der Waals surface area contributed by atoms with Gasteiger partial charge in [-0.05, 0) is 12.5 Å². The number of hydrogen-bond acceptors (Lipinski definition) is 2. The maximum atomic E-state index is 2.06. The number of hydrogen-bond donors (Lipinski definition) is 0. The summed E-state index contributed by atoms with van der Waals surface area (Å²) in [7, 11) is 3.55. The quantitative estimate of drug-likeness (QED) is 0.475. The van der Waals surface area contributed by atoms with Gasteiger partial charge in [-0.3, -0.25) is 0 Å². The first-order valence-corrected chi connectivity index (χ1v) is 3.95. The third-order valence-corrected chi connectivity index (χ3v) is 1.50. The molecule has 0 saturated heterocycles. The van der Waals surface area contributed by atoms with Crippen molar-refractivity contribution in [1.29, 1.82) is 0 Å². The van der Waals surface area contributed by atoms with Crippen molar-refractivity contribution in [2.75, 3.05) is 12.5 Å². The van der Waals surface area contributed by atoms with Crippen LogP contribution in [0.2, 0.25) is 0 Å². The standard InChI is InChI=1S/C2H6S2.CH4/c1-3-4-2;/h1-2H3;1H4. The van der Waals surface area contributed by atoms with Gasteiger partial charge in [-0.2, -0.15) is 0 Å². The van der Waals surface area contributed by atoms with E-state index < -0.39 is 0 Å². The van der Waals surface area contributed by atoms with Crippen molar-refractivity contribution in [2.24, 2.45) is 0 Å². The summed E-state index contributed by atoms with van der Waals surface area (Å²) < 4.78 is 0. The summed E-state index contributed by atoms with van der Waals surface area (Å²) >= 11 is 0. The Hall–Kier alpha value is 0.700. The molecular formula is C3H10S2. The minimum atomic E-state index is 0. The Morgan fingerprint density at radius 2 is 1.20 bits per heavy atom. The lowest BCUT2D eigenvalue weighted by Gasteiger charge is -1.69. The van der Waals surface area contributed by atoms with Crippen LogP contribution in [0.25, 0.3) is 0 Å². The summed E-state index contributed by atoms with van der Waals surface area (Å²) in [5.74, 6) is 0. The lowest BCUT2D eigenvalue weighted by atomic mass is 12.0. The summed E-state index contributed by atoms with van der Waals surface area (Å²) in [4.78, 5) is 0. The lowest BCUT2D eigenvalue weighted by molar-refractivity contribution is 2.50. The molecule has 0 fully saturated rings. The second kappa shape index (κ2) is 8.83. The maximum absolute atomic E-state index is 2.06. The molecule has 0 saturated carbocycles. The van der Waals surface area contributed by atoms with Gasteiger partial charge < -0.3 is 0 Å². The Kier molecular flexibility index (Phi) is 16.2. The molecular weight excluding hydrogens is 100 g/mol. The van der Waals surface area contributed by atoms with Crippen molar-refractivity contribution in [3.8, 4) is 0 Å². The van der Waals surface area contributed by atoms with Crippen molar-refractivity contribution in [1.82, 2.24) is 0 Å². The fourth-order valence-electron chi connectivity index (χ4n) is 0. The lowest BCUT2D eigenvalue weighted by Crippen LogP contribution is -1.28. The van der Waals surface area contributed by atoms with Gasteiger partial charge in [0.1, 0.15) is 0 Å². The predicted molar refractivity (Wildman–Crippen MR) is 33.8 cm³/mol. The maximum Gasteiger partial charge on any atom is -0.00793 e. The van der Waals surface area contributed by atoms with E-state index in [4.69, 9.17) is 0 Å². The highest BCUT2D eigenvalue weighted by Crippen LogP contribution is 2.09. The van der Waals surface area contributed by atoms with Gasteiger partial charge in [0.05, 0.1) is 0 Å². The topological polar surface area (TPSA) is 0 Å². The first-order chi connectivity index (χ1) is 1.91. The molecule has 0 rings (SSSR count). The minimum Gasteiger partial charge on any atom is -0.0979 e. The largest absolute Gasteiger partial charge is 0.0979 e. The molecule has 2 heteroatoms. The van der Waals surface area contributed by atoms with Crippen LogP contribution < -0.4 is 0 Å². The number of rotatable bonds is 1. The van der Waals surface area contributed by atoms with Crippen molar-refractivity contribution < 1.29 is 0 Å². The highest BCUT2D eigenvalue weighted by molar-refractivity contribution is 8.76. The Balaban J connectivity index is 0. The zero-order valence-electron chi connectivity index (χ0n) is 2.82. The van der Waals surface area contributed by atoms with Gasteiger partial charge in [0, 0.05) is 0 Å². The normalized spacial score (nSPS) is 6.00. The SMILES string of the molecule is C.CSSC. The second-order valence-electron chi connectivity index (χ2n) is 0.333. The minimum absolute atomic E-state index is 0. The Bertz CT molecular complexity index is 6.85. The van der Waals surface area contributed by atoms with Crippen LogP contribution in [-0.2, 0) is 0 Å². The fraction of sp³-hybridized carbons (Fsp3) is 1.00. The van der Waals surface area contributed by atoms with E-state index in [2.05, 4.69) is 12.5 Å². The third kappa shape index (κ3) is 11.9. The Labute approximate surface area is 42.1 Å². The molecule has 0 aliphatic carbocycles. The monoisotopic (exact) mass is 110 g/mol. The van der Waals surface area contributed by atoms with Gasteiger partial charge in [0.15, 0.2) is 0 Å². The summed E-state index contributed by atoms with van der Waals surface area (Å²) in [6, 6.07) is 0. The van der Waals surface area contributed by atoms with Crippen molar-refractivity contribution in [3.63, 3.8) is 0 Å². The molecule has 0 amide bonds. The molecule has 0 spiro atoms. The van der Waals surface area contributed by atoms with Gasteiger partial charge in [-0.25, -0.2) is 0 Å². The summed E-state index contributed by atoms with van der Waals surface area (Å²) in [5.41, 5.74) is 0. The molecule has 0 unspecified atom stereocenters. The summed E-state index contributed by atoms with van der Waals surface area (Å²) in [6.07, 6.45) is 4.12. The first kappa shape index (κ1) is 9.20. The van der Waals surface area contributed by atoms with E-state index in [-0.39, 0.29) is 7.43 Å². The molecule has 0 aliphatic rings. The van der Waals surface area contributed by atoms with Crippen LogP contribution in [0.3, 0.4) is 0 Å². The average molecular weight is 110 g/mol. The molecule has 0 radical (unpaired) electrons. The van der Waals surface area contributed by atoms with Crippen LogP contribution >= 0.6 is 21.6 Å². The zero-order chi connectivity index (χ0) is 3.41. The van der Waals surface area contributed by atoms with Crippen molar-refractivity contribution >= 4 is 21.6 Å². The van der Waals surface area contributed by atoms with Crippen LogP contribution in [-0.4, -0.2) is 12.5 Å². The van der Waals surface area contributed by atoms with E-state index in [1.54, 1.807) is 21.6 Å². The van der Waals surface area contributed by atoms with Crippen LogP contribution in [0.1, 0.15) is 7.43 Å². The van der Waals surface area contributed by atoms with E-state index in [0.717, 1.165) is 0 Å². The molecule has 0 nitrogen and oxygen atoms in total. The van der Waals surface area contributed by atoms with Gasteiger partial charge in [-0.15, -0.1) is 0 Å².